The van der Waals surface area contributed by atoms with E-state index in [1.165, 1.54) is 16.9 Å². The van der Waals surface area contributed by atoms with Crippen LogP contribution in [0.15, 0.2) is 6.33 Å². The number of aromatic nitrogens is 4. The number of nitrogens with one attached hydrogen (secondary N) is 1. The highest BCUT2D eigenvalue weighted by atomic mass is 32.1. The highest BCUT2D eigenvalue weighted by Crippen LogP contribution is 2.38. The highest BCUT2D eigenvalue weighted by molar-refractivity contribution is 7.19. The van der Waals surface area contributed by atoms with Gasteiger partial charge >= 0.3 is 0 Å². The second-order valence-electron chi connectivity index (χ2n) is 5.20. The van der Waals surface area contributed by atoms with Gasteiger partial charge in [-0.2, -0.15) is 9.61 Å². The molecular weight excluding hydrogens is 274 g/mol. The molecule has 0 unspecified atom stereocenters. The molecule has 0 aliphatic heterocycles. The molecular formula is C13H15N5OS. The zero-order chi connectivity index (χ0) is 13.7. The summed E-state index contributed by atoms with van der Waals surface area (Å²) in [6, 6.07) is 0. The van der Waals surface area contributed by atoms with E-state index in [1.54, 1.807) is 29.1 Å². The third-order valence-electron chi connectivity index (χ3n) is 3.64. The molecule has 2 N–H and O–H groups in total. The molecule has 0 amide bonds. The SMILES string of the molecule is C[C@H](O)CNc1nc2sc3c(c2c2ncnn12)CCC3. The fraction of sp³-hybridized carbons (Fsp3) is 0.462. The molecule has 20 heavy (non-hydrogen) atoms. The highest BCUT2D eigenvalue weighted by Gasteiger charge is 2.22. The quantitative estimate of drug-likeness (QED) is 0.766. The van der Waals surface area contributed by atoms with Crippen molar-refractivity contribution in [3.63, 3.8) is 0 Å². The normalized spacial score (nSPS) is 15.9. The molecule has 0 fully saturated rings. The summed E-state index contributed by atoms with van der Waals surface area (Å²) in [7, 11) is 0. The van der Waals surface area contributed by atoms with Gasteiger partial charge in [0.2, 0.25) is 5.95 Å². The Hall–Kier alpha value is -1.73. The van der Waals surface area contributed by atoms with Crippen molar-refractivity contribution in [2.24, 2.45) is 0 Å². The first-order chi connectivity index (χ1) is 9.74. The van der Waals surface area contributed by atoms with Crippen LogP contribution in [0.25, 0.3) is 15.9 Å². The minimum absolute atomic E-state index is 0.431. The summed E-state index contributed by atoms with van der Waals surface area (Å²) in [6.07, 6.45) is 4.61. The van der Waals surface area contributed by atoms with Gasteiger partial charge in [0.05, 0.1) is 11.5 Å². The molecule has 1 aliphatic carbocycles. The van der Waals surface area contributed by atoms with Crippen molar-refractivity contribution in [1.82, 2.24) is 19.6 Å². The van der Waals surface area contributed by atoms with Gasteiger partial charge in [-0.1, -0.05) is 0 Å². The first-order valence-corrected chi connectivity index (χ1v) is 7.61. The Kier molecular flexibility index (Phi) is 2.64. The number of aliphatic hydroxyl groups excluding tert-OH is 1. The second kappa shape index (κ2) is 4.39. The Labute approximate surface area is 119 Å². The molecule has 1 aliphatic rings. The third-order valence-corrected chi connectivity index (χ3v) is 4.82. The summed E-state index contributed by atoms with van der Waals surface area (Å²) in [5, 5.41) is 18.0. The Balaban J connectivity index is 1.94. The lowest BCUT2D eigenvalue weighted by Gasteiger charge is -2.09. The van der Waals surface area contributed by atoms with Crippen LogP contribution < -0.4 is 5.32 Å². The Bertz CT molecular complexity index is 791. The van der Waals surface area contributed by atoms with E-state index in [1.807, 2.05) is 0 Å². The van der Waals surface area contributed by atoms with E-state index in [9.17, 15) is 5.11 Å². The number of rotatable bonds is 3. The lowest BCUT2D eigenvalue weighted by Crippen LogP contribution is -2.18. The van der Waals surface area contributed by atoms with Crippen molar-refractivity contribution in [3.05, 3.63) is 16.8 Å². The van der Waals surface area contributed by atoms with Crippen LogP contribution in [0.2, 0.25) is 0 Å². The summed E-state index contributed by atoms with van der Waals surface area (Å²) < 4.78 is 1.73. The van der Waals surface area contributed by atoms with Gasteiger partial charge in [-0.25, -0.2) is 9.97 Å². The van der Waals surface area contributed by atoms with Crippen molar-refractivity contribution in [2.45, 2.75) is 32.3 Å². The average molecular weight is 289 g/mol. The predicted molar refractivity (Wildman–Crippen MR) is 78.4 cm³/mol. The number of thiophene rings is 1. The monoisotopic (exact) mass is 289 g/mol. The minimum atomic E-state index is -0.431. The fourth-order valence-corrected chi connectivity index (χ4v) is 4.02. The second-order valence-corrected chi connectivity index (χ2v) is 6.28. The van der Waals surface area contributed by atoms with Crippen molar-refractivity contribution in [3.8, 4) is 0 Å². The van der Waals surface area contributed by atoms with E-state index in [4.69, 9.17) is 0 Å². The summed E-state index contributed by atoms with van der Waals surface area (Å²) in [5.41, 5.74) is 2.26. The van der Waals surface area contributed by atoms with Crippen LogP contribution in [0.4, 0.5) is 5.95 Å². The third kappa shape index (κ3) is 1.70. The smallest absolute Gasteiger partial charge is 0.227 e. The molecule has 3 aromatic rings. The summed E-state index contributed by atoms with van der Waals surface area (Å²) >= 11 is 1.76. The standard InChI is InChI=1S/C13H15N5OS/c1-7(19)5-14-13-17-12-10(11-15-6-16-18(11)13)8-3-2-4-9(8)20-12/h6-7,19H,2-5H2,1H3,(H,14,17)/t7-/m0/s1. The van der Waals surface area contributed by atoms with Crippen molar-refractivity contribution >= 4 is 33.1 Å². The van der Waals surface area contributed by atoms with Gasteiger partial charge in [-0.15, -0.1) is 11.3 Å². The van der Waals surface area contributed by atoms with Crippen molar-refractivity contribution in [1.29, 1.82) is 0 Å². The summed E-state index contributed by atoms with van der Waals surface area (Å²) in [6.45, 7) is 2.18. The molecule has 104 valence electrons. The Morgan fingerprint density at radius 2 is 2.40 bits per heavy atom. The molecule has 3 aromatic heterocycles. The molecule has 0 aromatic carbocycles. The number of aliphatic hydroxyl groups is 1. The van der Waals surface area contributed by atoms with Crippen molar-refractivity contribution in [2.75, 3.05) is 11.9 Å². The zero-order valence-corrected chi connectivity index (χ0v) is 11.9. The van der Waals surface area contributed by atoms with E-state index < -0.39 is 6.10 Å². The number of hydrogen-bond donors (Lipinski definition) is 2. The topological polar surface area (TPSA) is 75.3 Å². The number of aryl methyl sites for hydroxylation is 2. The first kappa shape index (κ1) is 12.0. The van der Waals surface area contributed by atoms with Gasteiger partial charge in [-0.3, -0.25) is 0 Å². The van der Waals surface area contributed by atoms with E-state index in [0.717, 1.165) is 28.7 Å². The number of hydrogen-bond acceptors (Lipinski definition) is 6. The van der Waals surface area contributed by atoms with Crippen LogP contribution in [0, 0.1) is 0 Å². The van der Waals surface area contributed by atoms with Crippen molar-refractivity contribution < 1.29 is 5.11 Å². The number of fused-ring (bicyclic) bond motifs is 5. The van der Waals surface area contributed by atoms with Crippen LogP contribution in [-0.4, -0.2) is 37.3 Å². The van der Waals surface area contributed by atoms with Crippen LogP contribution >= 0.6 is 11.3 Å². The molecule has 0 saturated heterocycles. The zero-order valence-electron chi connectivity index (χ0n) is 11.1. The number of anilines is 1. The van der Waals surface area contributed by atoms with Crippen LogP contribution in [0.5, 0.6) is 0 Å². The molecule has 4 rings (SSSR count). The maximum Gasteiger partial charge on any atom is 0.227 e. The largest absolute Gasteiger partial charge is 0.392 e. The lowest BCUT2D eigenvalue weighted by molar-refractivity contribution is 0.208. The van der Waals surface area contributed by atoms with Crippen LogP contribution in [0.1, 0.15) is 23.8 Å². The van der Waals surface area contributed by atoms with E-state index >= 15 is 0 Å². The predicted octanol–water partition coefficient (Wildman–Crippen LogP) is 1.62. The molecule has 6 nitrogen and oxygen atoms in total. The Morgan fingerprint density at radius 1 is 1.50 bits per heavy atom. The van der Waals surface area contributed by atoms with Gasteiger partial charge in [0.1, 0.15) is 11.2 Å². The minimum Gasteiger partial charge on any atom is -0.392 e. The molecule has 0 bridgehead atoms. The molecule has 1 atom stereocenters. The van der Waals surface area contributed by atoms with Gasteiger partial charge in [0.15, 0.2) is 5.65 Å². The molecule has 3 heterocycles. The Morgan fingerprint density at radius 3 is 3.25 bits per heavy atom. The van der Waals surface area contributed by atoms with E-state index in [0.29, 0.717) is 12.5 Å². The van der Waals surface area contributed by atoms with Gasteiger partial charge < -0.3 is 10.4 Å². The van der Waals surface area contributed by atoms with Gasteiger partial charge in [0.25, 0.3) is 0 Å². The maximum absolute atomic E-state index is 9.41. The molecule has 0 spiro atoms. The molecule has 0 saturated carbocycles. The maximum atomic E-state index is 9.41. The van der Waals surface area contributed by atoms with Gasteiger partial charge in [0, 0.05) is 11.4 Å². The summed E-state index contributed by atoms with van der Waals surface area (Å²) in [5.74, 6) is 0.644. The summed E-state index contributed by atoms with van der Waals surface area (Å²) in [4.78, 5) is 11.5. The van der Waals surface area contributed by atoms with Crippen LogP contribution in [-0.2, 0) is 12.8 Å². The average Bonchev–Trinajstić information content (AvgIpc) is 3.08. The number of nitrogens with zero attached hydrogens (tertiary/aromatic N) is 4. The fourth-order valence-electron chi connectivity index (χ4n) is 2.76. The van der Waals surface area contributed by atoms with Gasteiger partial charge in [-0.05, 0) is 31.7 Å². The van der Waals surface area contributed by atoms with E-state index in [-0.39, 0.29) is 0 Å². The molecule has 0 radical (unpaired) electrons. The van der Waals surface area contributed by atoms with E-state index in [2.05, 4.69) is 20.4 Å². The van der Waals surface area contributed by atoms with Crippen LogP contribution in [0.3, 0.4) is 0 Å². The first-order valence-electron chi connectivity index (χ1n) is 6.80. The molecule has 7 heteroatoms. The lowest BCUT2D eigenvalue weighted by atomic mass is 10.2.